The second kappa shape index (κ2) is 10.7. The Kier molecular flexibility index (Phi) is 8.88. The maximum atomic E-state index is 11.9. The quantitative estimate of drug-likeness (QED) is 0.278. The molecule has 0 radical (unpaired) electrons. The van der Waals surface area contributed by atoms with Gasteiger partial charge in [0.2, 0.25) is 0 Å². The second-order valence-corrected chi connectivity index (χ2v) is 8.41. The topological polar surface area (TPSA) is 57.2 Å². The van der Waals surface area contributed by atoms with Crippen LogP contribution in [0.1, 0.15) is 18.9 Å². The van der Waals surface area contributed by atoms with Gasteiger partial charge in [-0.05, 0) is 42.9 Å². The van der Waals surface area contributed by atoms with Crippen molar-refractivity contribution in [1.82, 2.24) is 10.2 Å². The Morgan fingerprint density at radius 2 is 2.10 bits per heavy atom. The molecular weight excluding hydrogens is 503 g/mol. The van der Waals surface area contributed by atoms with Crippen LogP contribution in [0.3, 0.4) is 0 Å². The first-order valence-electron chi connectivity index (χ1n) is 9.97. The molecule has 0 aromatic heterocycles. The molecule has 2 heterocycles. The fourth-order valence-electron chi connectivity index (χ4n) is 4.31. The van der Waals surface area contributed by atoms with E-state index in [4.69, 9.17) is 16.3 Å². The lowest BCUT2D eigenvalue weighted by molar-refractivity contribution is -0.145. The summed E-state index contributed by atoms with van der Waals surface area (Å²) in [6, 6.07) is 6.08. The van der Waals surface area contributed by atoms with E-state index in [1.54, 1.807) is 7.05 Å². The zero-order chi connectivity index (χ0) is 20.3. The minimum atomic E-state index is -0.131. The Morgan fingerprint density at radius 1 is 1.34 bits per heavy atom. The number of nitrogens with zero attached hydrogens (tertiary/aromatic N) is 3. The molecule has 1 aromatic rings. The molecule has 0 bridgehead atoms. The van der Waals surface area contributed by atoms with Gasteiger partial charge in [0.1, 0.15) is 0 Å². The fraction of sp³-hybridized carbons (Fsp3) is 0.619. The normalized spacial score (nSPS) is 24.4. The third-order valence-corrected chi connectivity index (χ3v) is 6.21. The lowest BCUT2D eigenvalue weighted by Crippen LogP contribution is -2.42. The zero-order valence-electron chi connectivity index (χ0n) is 17.7. The maximum Gasteiger partial charge on any atom is 0.310 e. The number of carbonyl (C=O) groups excluding carboxylic acids is 1. The number of likely N-dealkylation sites (tertiary alicyclic amines) is 1. The smallest absolute Gasteiger partial charge is 0.310 e. The van der Waals surface area contributed by atoms with Crippen molar-refractivity contribution in [2.45, 2.75) is 20.3 Å². The van der Waals surface area contributed by atoms with Crippen molar-refractivity contribution in [1.29, 1.82) is 0 Å². The number of methoxy groups -OCH3 is 1. The van der Waals surface area contributed by atoms with Gasteiger partial charge in [-0.1, -0.05) is 24.6 Å². The summed E-state index contributed by atoms with van der Waals surface area (Å²) in [6.07, 6.45) is 1.14. The number of anilines is 1. The van der Waals surface area contributed by atoms with E-state index >= 15 is 0 Å². The van der Waals surface area contributed by atoms with Crippen LogP contribution in [0.5, 0.6) is 0 Å². The van der Waals surface area contributed by atoms with Crippen LogP contribution in [0.2, 0.25) is 5.02 Å². The molecule has 0 saturated carbocycles. The van der Waals surface area contributed by atoms with Crippen LogP contribution >= 0.6 is 35.6 Å². The van der Waals surface area contributed by atoms with Crippen LogP contribution in [0, 0.1) is 24.7 Å². The van der Waals surface area contributed by atoms with Crippen LogP contribution < -0.4 is 10.2 Å². The third-order valence-electron chi connectivity index (χ3n) is 5.97. The van der Waals surface area contributed by atoms with Gasteiger partial charge in [-0.2, -0.15) is 0 Å². The summed E-state index contributed by atoms with van der Waals surface area (Å²) in [7, 11) is 3.26. The molecule has 3 atom stereocenters. The van der Waals surface area contributed by atoms with E-state index in [9.17, 15) is 4.79 Å². The first-order valence-corrected chi connectivity index (χ1v) is 10.3. The predicted octanol–water partition coefficient (Wildman–Crippen LogP) is 3.41. The van der Waals surface area contributed by atoms with Crippen LogP contribution in [-0.4, -0.2) is 63.7 Å². The highest BCUT2D eigenvalue weighted by molar-refractivity contribution is 14.0. The summed E-state index contributed by atoms with van der Waals surface area (Å²) < 4.78 is 4.94. The Bertz CT molecular complexity index is 745. The van der Waals surface area contributed by atoms with Crippen molar-refractivity contribution in [2.24, 2.45) is 22.7 Å². The summed E-state index contributed by atoms with van der Waals surface area (Å²) in [5.41, 5.74) is 2.49. The minimum Gasteiger partial charge on any atom is -0.469 e. The molecule has 0 aliphatic carbocycles. The number of rotatable bonds is 4. The molecule has 0 spiro atoms. The molecule has 162 valence electrons. The van der Waals surface area contributed by atoms with E-state index in [0.29, 0.717) is 12.5 Å². The van der Waals surface area contributed by atoms with E-state index in [1.807, 2.05) is 6.07 Å². The van der Waals surface area contributed by atoms with Crippen molar-refractivity contribution < 1.29 is 9.53 Å². The molecule has 8 heteroatoms. The van der Waals surface area contributed by atoms with E-state index < -0.39 is 0 Å². The average molecular weight is 535 g/mol. The van der Waals surface area contributed by atoms with E-state index in [1.165, 1.54) is 18.4 Å². The number of hydrogen-bond donors (Lipinski definition) is 1. The first kappa shape index (κ1) is 24.1. The number of ether oxygens (including phenoxy) is 1. The number of benzene rings is 1. The Hall–Kier alpha value is -1.22. The molecule has 2 fully saturated rings. The van der Waals surface area contributed by atoms with Crippen LogP contribution in [-0.2, 0) is 9.53 Å². The number of esters is 1. The van der Waals surface area contributed by atoms with E-state index in [2.05, 4.69) is 46.1 Å². The zero-order valence-corrected chi connectivity index (χ0v) is 20.7. The van der Waals surface area contributed by atoms with Gasteiger partial charge in [-0.25, -0.2) is 0 Å². The molecule has 2 aliphatic heterocycles. The molecule has 2 aliphatic rings. The summed E-state index contributed by atoms with van der Waals surface area (Å²) in [5.74, 6) is 1.46. The molecule has 3 rings (SSSR count). The molecule has 2 saturated heterocycles. The highest BCUT2D eigenvalue weighted by Crippen LogP contribution is 2.29. The highest BCUT2D eigenvalue weighted by atomic mass is 127. The fourth-order valence-corrected chi connectivity index (χ4v) is 4.47. The van der Waals surface area contributed by atoms with Gasteiger partial charge < -0.3 is 19.9 Å². The number of aliphatic imine (C=N–C) groups is 1. The molecular formula is C21H32ClIN4O2. The van der Waals surface area contributed by atoms with Crippen molar-refractivity contribution in [3.63, 3.8) is 0 Å². The SMILES string of the molecule is CN=C(NCC1CCN(c2cc(Cl)ccc2C)C1)N1CC(C)C(C(=O)OC)C1.I. The molecule has 1 N–H and O–H groups in total. The number of carbonyl (C=O) groups is 1. The second-order valence-electron chi connectivity index (χ2n) is 7.97. The van der Waals surface area contributed by atoms with E-state index in [0.717, 1.165) is 43.6 Å². The maximum absolute atomic E-state index is 11.9. The van der Waals surface area contributed by atoms with Gasteiger partial charge in [0.15, 0.2) is 5.96 Å². The Labute approximate surface area is 196 Å². The largest absolute Gasteiger partial charge is 0.469 e. The van der Waals surface area contributed by atoms with Crippen molar-refractivity contribution in [3.8, 4) is 0 Å². The summed E-state index contributed by atoms with van der Waals surface area (Å²) in [4.78, 5) is 21.0. The summed E-state index contributed by atoms with van der Waals surface area (Å²) in [6.45, 7) is 8.62. The molecule has 1 aromatic carbocycles. The summed E-state index contributed by atoms with van der Waals surface area (Å²) >= 11 is 6.19. The van der Waals surface area contributed by atoms with Crippen molar-refractivity contribution in [2.75, 3.05) is 51.8 Å². The van der Waals surface area contributed by atoms with Crippen molar-refractivity contribution >= 4 is 53.2 Å². The number of nitrogens with one attached hydrogen (secondary N) is 1. The Balaban J connectivity index is 0.00000300. The standard InChI is InChI=1S/C21H31ClN4O2.HI/c1-14-5-6-17(22)9-19(14)25-8-7-16(12-25)10-24-21(23-3)26-11-15(2)18(13-26)20(27)28-4;/h5-6,9,15-16,18H,7-8,10-13H2,1-4H3,(H,23,24);1H. The average Bonchev–Trinajstić information content (AvgIpc) is 3.30. The molecule has 3 unspecified atom stereocenters. The molecule has 0 amide bonds. The van der Waals surface area contributed by atoms with Crippen LogP contribution in [0.15, 0.2) is 23.2 Å². The molecule has 29 heavy (non-hydrogen) atoms. The third kappa shape index (κ3) is 5.69. The number of hydrogen-bond acceptors (Lipinski definition) is 4. The lowest BCUT2D eigenvalue weighted by atomic mass is 9.99. The van der Waals surface area contributed by atoms with E-state index in [-0.39, 0.29) is 41.8 Å². The molecule has 6 nitrogen and oxygen atoms in total. The van der Waals surface area contributed by atoms with Gasteiger partial charge in [0.25, 0.3) is 0 Å². The van der Waals surface area contributed by atoms with Gasteiger partial charge in [-0.3, -0.25) is 9.79 Å². The highest BCUT2D eigenvalue weighted by Gasteiger charge is 2.37. The monoisotopic (exact) mass is 534 g/mol. The first-order chi connectivity index (χ1) is 13.4. The number of guanidine groups is 1. The lowest BCUT2D eigenvalue weighted by Gasteiger charge is -2.24. The van der Waals surface area contributed by atoms with Gasteiger partial charge in [0, 0.05) is 50.5 Å². The van der Waals surface area contributed by atoms with Gasteiger partial charge in [0.05, 0.1) is 13.0 Å². The Morgan fingerprint density at radius 3 is 2.79 bits per heavy atom. The number of aryl methyl sites for hydroxylation is 1. The van der Waals surface area contributed by atoms with Crippen LogP contribution in [0.25, 0.3) is 0 Å². The minimum absolute atomic E-state index is 0. The summed E-state index contributed by atoms with van der Waals surface area (Å²) in [5, 5.41) is 4.30. The van der Waals surface area contributed by atoms with Gasteiger partial charge in [-0.15, -0.1) is 24.0 Å². The van der Waals surface area contributed by atoms with Gasteiger partial charge >= 0.3 is 5.97 Å². The predicted molar refractivity (Wildman–Crippen MR) is 130 cm³/mol. The van der Waals surface area contributed by atoms with Crippen molar-refractivity contribution in [3.05, 3.63) is 28.8 Å². The van der Waals surface area contributed by atoms with Crippen LogP contribution in [0.4, 0.5) is 5.69 Å². The number of halogens is 2.